The lowest BCUT2D eigenvalue weighted by atomic mass is 9.82. The van der Waals surface area contributed by atoms with Crippen LogP contribution in [0.1, 0.15) is 57.8 Å². The summed E-state index contributed by atoms with van der Waals surface area (Å²) in [7, 11) is 0. The molecule has 0 bridgehead atoms. The summed E-state index contributed by atoms with van der Waals surface area (Å²) in [6.45, 7) is 0. The minimum Gasteiger partial charge on any atom is -0.299 e. The van der Waals surface area contributed by atoms with Crippen molar-refractivity contribution < 1.29 is 4.79 Å². The van der Waals surface area contributed by atoms with E-state index in [0.29, 0.717) is 11.7 Å². The second kappa shape index (κ2) is 6.09. The summed E-state index contributed by atoms with van der Waals surface area (Å²) in [5.74, 6) is 1.92. The van der Waals surface area contributed by atoms with Crippen molar-refractivity contribution in [2.75, 3.05) is 6.26 Å². The zero-order chi connectivity index (χ0) is 11.4. The number of carbonyl (C=O) groups excluding carboxylic acids is 1. The van der Waals surface area contributed by atoms with Crippen molar-refractivity contribution in [1.29, 1.82) is 0 Å². The molecule has 0 aromatic rings. The predicted molar refractivity (Wildman–Crippen MR) is 72.0 cm³/mol. The lowest BCUT2D eigenvalue weighted by Gasteiger charge is -2.24. The minimum absolute atomic E-state index is 0.423. The molecule has 2 atom stereocenters. The molecule has 0 amide bonds. The first kappa shape index (κ1) is 12.5. The Hall–Kier alpha value is 0.0200. The van der Waals surface area contributed by atoms with E-state index in [9.17, 15) is 4.79 Å². The average Bonchev–Trinajstić information content (AvgIpc) is 2.81. The van der Waals surface area contributed by atoms with Crippen LogP contribution in [0, 0.1) is 11.8 Å². The molecule has 0 aromatic heterocycles. The van der Waals surface area contributed by atoms with Crippen LogP contribution in [0.4, 0.5) is 0 Å². The fraction of sp³-hybridized carbons (Fsp3) is 0.929. The van der Waals surface area contributed by atoms with Gasteiger partial charge in [0.15, 0.2) is 0 Å². The van der Waals surface area contributed by atoms with Crippen LogP contribution in [0.3, 0.4) is 0 Å². The smallest absolute Gasteiger partial charge is 0.136 e. The molecule has 16 heavy (non-hydrogen) atoms. The van der Waals surface area contributed by atoms with Gasteiger partial charge in [-0.15, -0.1) is 0 Å². The summed E-state index contributed by atoms with van der Waals surface area (Å²) >= 11 is 1.53. The molecule has 92 valence electrons. The molecule has 2 fully saturated rings. The van der Waals surface area contributed by atoms with E-state index in [2.05, 4.69) is 6.26 Å². The first-order valence-corrected chi connectivity index (χ1v) is 8.34. The number of thiol groups is 1. The summed E-state index contributed by atoms with van der Waals surface area (Å²) in [5.41, 5.74) is 0. The fourth-order valence-electron chi connectivity index (χ4n) is 3.45. The van der Waals surface area contributed by atoms with Gasteiger partial charge in [-0.3, -0.25) is 4.79 Å². The van der Waals surface area contributed by atoms with E-state index >= 15 is 0 Å². The Morgan fingerprint density at radius 3 is 2.50 bits per heavy atom. The highest BCUT2D eigenvalue weighted by molar-refractivity contribution is 7.78. The highest BCUT2D eigenvalue weighted by atomic mass is 32.2. The second-order valence-electron chi connectivity index (χ2n) is 5.51. The van der Waals surface area contributed by atoms with Crippen molar-refractivity contribution in [2.24, 2.45) is 11.8 Å². The molecule has 2 unspecified atom stereocenters. The van der Waals surface area contributed by atoms with Crippen LogP contribution in [0.15, 0.2) is 0 Å². The Kier molecular flexibility index (Phi) is 4.75. The number of hydrogen-bond acceptors (Lipinski definition) is 1. The van der Waals surface area contributed by atoms with E-state index in [0.717, 1.165) is 24.0 Å². The van der Waals surface area contributed by atoms with E-state index in [4.69, 9.17) is 0 Å². The fourth-order valence-corrected chi connectivity index (χ4v) is 4.63. The SMILES string of the molecule is C[SH+]C(CC1CCCCC1=O)C1CCCC1. The van der Waals surface area contributed by atoms with E-state index in [1.54, 1.807) is 0 Å². The first-order chi connectivity index (χ1) is 7.81. The van der Waals surface area contributed by atoms with E-state index in [1.165, 1.54) is 56.7 Å². The van der Waals surface area contributed by atoms with Crippen molar-refractivity contribution in [1.82, 2.24) is 0 Å². The summed E-state index contributed by atoms with van der Waals surface area (Å²) in [5, 5.41) is 0.814. The molecule has 2 rings (SSSR count). The molecule has 0 radical (unpaired) electrons. The van der Waals surface area contributed by atoms with Gasteiger partial charge in [0, 0.05) is 24.7 Å². The zero-order valence-electron chi connectivity index (χ0n) is 10.5. The van der Waals surface area contributed by atoms with Gasteiger partial charge in [-0.1, -0.05) is 19.3 Å². The maximum absolute atomic E-state index is 11.9. The van der Waals surface area contributed by atoms with Crippen molar-refractivity contribution in [3.8, 4) is 0 Å². The molecule has 0 aliphatic heterocycles. The van der Waals surface area contributed by atoms with Gasteiger partial charge in [-0.2, -0.15) is 0 Å². The van der Waals surface area contributed by atoms with E-state index in [1.807, 2.05) is 0 Å². The predicted octanol–water partition coefficient (Wildman–Crippen LogP) is 3.14. The second-order valence-corrected chi connectivity index (χ2v) is 6.69. The van der Waals surface area contributed by atoms with Gasteiger partial charge >= 0.3 is 0 Å². The number of ketones is 1. The third-order valence-electron chi connectivity index (χ3n) is 4.48. The maximum atomic E-state index is 11.9. The quantitative estimate of drug-likeness (QED) is 0.546. The monoisotopic (exact) mass is 241 g/mol. The number of Topliss-reactive ketones (excluding diaryl/α,β-unsaturated/α-hetero) is 1. The topological polar surface area (TPSA) is 17.1 Å². The van der Waals surface area contributed by atoms with Gasteiger partial charge in [0.1, 0.15) is 11.0 Å². The van der Waals surface area contributed by atoms with Crippen LogP contribution in [0.25, 0.3) is 0 Å². The van der Waals surface area contributed by atoms with Crippen LogP contribution >= 0.6 is 0 Å². The largest absolute Gasteiger partial charge is 0.299 e. The Balaban J connectivity index is 1.87. The summed E-state index contributed by atoms with van der Waals surface area (Å²) in [6.07, 6.45) is 13.7. The average molecular weight is 241 g/mol. The van der Waals surface area contributed by atoms with Crippen LogP contribution in [-0.2, 0) is 16.6 Å². The number of hydrogen-bond donors (Lipinski definition) is 0. The molecule has 2 heteroatoms. The van der Waals surface area contributed by atoms with Crippen LogP contribution in [0.2, 0.25) is 0 Å². The Labute approximate surface area is 104 Å². The highest BCUT2D eigenvalue weighted by Gasteiger charge is 2.34. The van der Waals surface area contributed by atoms with Crippen molar-refractivity contribution >= 4 is 17.5 Å². The highest BCUT2D eigenvalue weighted by Crippen LogP contribution is 2.34. The van der Waals surface area contributed by atoms with E-state index in [-0.39, 0.29) is 0 Å². The molecule has 0 spiro atoms. The lowest BCUT2D eigenvalue weighted by Crippen LogP contribution is -2.28. The summed E-state index contributed by atoms with van der Waals surface area (Å²) < 4.78 is 0. The number of carbonyl (C=O) groups is 1. The summed E-state index contributed by atoms with van der Waals surface area (Å²) in [4.78, 5) is 11.9. The molecular formula is C14H25OS+. The molecule has 2 aliphatic carbocycles. The van der Waals surface area contributed by atoms with Gasteiger partial charge in [0.25, 0.3) is 0 Å². The maximum Gasteiger partial charge on any atom is 0.136 e. The van der Waals surface area contributed by atoms with Gasteiger partial charge in [-0.25, -0.2) is 0 Å². The van der Waals surface area contributed by atoms with Gasteiger partial charge < -0.3 is 0 Å². The summed E-state index contributed by atoms with van der Waals surface area (Å²) in [6, 6.07) is 0. The normalized spacial score (nSPS) is 29.6. The van der Waals surface area contributed by atoms with Crippen molar-refractivity contribution in [2.45, 2.75) is 63.0 Å². The minimum atomic E-state index is 0.423. The molecule has 0 heterocycles. The Morgan fingerprint density at radius 2 is 1.88 bits per heavy atom. The lowest BCUT2D eigenvalue weighted by molar-refractivity contribution is -0.124. The van der Waals surface area contributed by atoms with E-state index < -0.39 is 0 Å². The molecular weight excluding hydrogens is 216 g/mol. The van der Waals surface area contributed by atoms with Crippen molar-refractivity contribution in [3.05, 3.63) is 0 Å². The zero-order valence-corrected chi connectivity index (χ0v) is 11.3. The van der Waals surface area contributed by atoms with Gasteiger partial charge in [0.2, 0.25) is 0 Å². The van der Waals surface area contributed by atoms with Gasteiger partial charge in [0.05, 0.1) is 6.26 Å². The third-order valence-corrected chi connectivity index (χ3v) is 5.78. The third kappa shape index (κ3) is 3.03. The van der Waals surface area contributed by atoms with Gasteiger partial charge in [-0.05, 0) is 37.4 Å². The molecule has 0 aromatic carbocycles. The number of rotatable bonds is 4. The molecule has 2 aliphatic rings. The van der Waals surface area contributed by atoms with Crippen molar-refractivity contribution in [3.63, 3.8) is 0 Å². The molecule has 1 nitrogen and oxygen atoms in total. The Morgan fingerprint density at radius 1 is 1.19 bits per heavy atom. The van der Waals surface area contributed by atoms with Crippen LogP contribution in [0.5, 0.6) is 0 Å². The van der Waals surface area contributed by atoms with Crippen LogP contribution < -0.4 is 0 Å². The molecule has 0 N–H and O–H groups in total. The molecule has 2 saturated carbocycles. The first-order valence-electron chi connectivity index (χ1n) is 6.93. The molecule has 0 saturated heterocycles. The van der Waals surface area contributed by atoms with Crippen LogP contribution in [-0.4, -0.2) is 17.3 Å². The Bertz CT molecular complexity index is 233. The standard InChI is InChI=1S/C14H24OS/c1-16-14(11-6-2-3-7-11)10-12-8-4-5-9-13(12)15/h11-12,14H,2-10H2,1H3/p+1.